The van der Waals surface area contributed by atoms with Crippen LogP contribution in [-0.4, -0.2) is 43.1 Å². The summed E-state index contributed by atoms with van der Waals surface area (Å²) in [5.41, 5.74) is 0. The molecular weight excluding hydrogens is 264 g/mol. The highest BCUT2D eigenvalue weighted by Crippen LogP contribution is 2.12. The van der Waals surface area contributed by atoms with Gasteiger partial charge in [0, 0.05) is 0 Å². The second-order valence-corrected chi connectivity index (χ2v) is 6.90. The van der Waals surface area contributed by atoms with Crippen LogP contribution >= 0.6 is 0 Å². The van der Waals surface area contributed by atoms with Crippen LogP contribution in [0.1, 0.15) is 84.0 Å². The van der Waals surface area contributed by atoms with Gasteiger partial charge in [0.15, 0.2) is 0 Å². The van der Waals surface area contributed by atoms with E-state index in [1.165, 1.54) is 83.6 Å². The molecule has 134 valence electrons. The molecule has 0 aliphatic carbocycles. The quantitative estimate of drug-likeness (QED) is 0.399. The third-order valence-electron chi connectivity index (χ3n) is 3.68. The Morgan fingerprint density at radius 3 is 1.14 bits per heavy atom. The van der Waals surface area contributed by atoms with Gasteiger partial charge in [-0.05, 0) is 12.8 Å². The van der Waals surface area contributed by atoms with Crippen LogP contribution in [0.3, 0.4) is 0 Å². The van der Waals surface area contributed by atoms with Crippen LogP contribution in [0.2, 0.25) is 0 Å². The molecule has 0 fully saturated rings. The first-order valence-corrected chi connectivity index (χ1v) is 8.36. The summed E-state index contributed by atoms with van der Waals surface area (Å²) in [4.78, 5) is 0. The zero-order valence-corrected chi connectivity index (χ0v) is 15.3. The number of rotatable bonds is 13. The molecule has 0 saturated carbocycles. The van der Waals surface area contributed by atoms with E-state index in [9.17, 15) is 0 Å². The Kier molecular flexibility index (Phi) is 27.3. The van der Waals surface area contributed by atoms with E-state index in [2.05, 4.69) is 28.1 Å². The molecule has 6 N–H and O–H groups in total. The highest BCUT2D eigenvalue weighted by molar-refractivity contribution is 4.48. The fourth-order valence-electron chi connectivity index (χ4n) is 2.43. The van der Waals surface area contributed by atoms with E-state index >= 15 is 0 Å². The van der Waals surface area contributed by atoms with Crippen LogP contribution < -0.4 is 6.15 Å². The van der Waals surface area contributed by atoms with Gasteiger partial charge in [0.1, 0.15) is 0 Å². The summed E-state index contributed by atoms with van der Waals surface area (Å²) in [7, 11) is 6.87. The summed E-state index contributed by atoms with van der Waals surface area (Å²) in [6, 6.07) is 0. The first-order chi connectivity index (χ1) is 8.56. The van der Waals surface area contributed by atoms with E-state index < -0.39 is 0 Å². The molecule has 0 unspecified atom stereocenters. The minimum atomic E-state index is 0. The third-order valence-corrected chi connectivity index (χ3v) is 3.68. The fraction of sp³-hybridized carbons (Fsp3) is 1.00. The molecule has 21 heavy (non-hydrogen) atoms. The van der Waals surface area contributed by atoms with Crippen LogP contribution in [0.25, 0.3) is 0 Å². The van der Waals surface area contributed by atoms with Crippen molar-refractivity contribution < 1.29 is 15.4 Å². The first kappa shape index (κ1) is 28.9. The summed E-state index contributed by atoms with van der Waals surface area (Å²) in [6.07, 6.45) is 17.4. The van der Waals surface area contributed by atoms with Crippen molar-refractivity contribution in [2.75, 3.05) is 27.7 Å². The smallest absolute Gasteiger partial charge is 0.0780 e. The molecule has 0 aliphatic rings. The molecule has 0 aliphatic heterocycles. The predicted molar refractivity (Wildman–Crippen MR) is 94.5 cm³/mol. The summed E-state index contributed by atoms with van der Waals surface area (Å²) >= 11 is 0. The molecule has 0 aromatic carbocycles. The number of unbranched alkanes of at least 4 members (excludes halogenated alkanes) is 11. The van der Waals surface area contributed by atoms with Crippen LogP contribution in [0.15, 0.2) is 0 Å². The standard InChI is InChI=1S/C17H38N.H3N.2H2O/c1-5-6-7-8-9-10-11-12-13-14-15-16-17-18(2,3)4;;;/h5-17H2,1-4H3;1H3;2*1H2/q+1;;;/p-1. The van der Waals surface area contributed by atoms with Crippen molar-refractivity contribution in [1.29, 1.82) is 0 Å². The molecule has 4 nitrogen and oxygen atoms in total. The van der Waals surface area contributed by atoms with Crippen LogP contribution in [0.4, 0.5) is 0 Å². The SMILES string of the molecule is CCCCCCCCCCCCCC[N+](C)(C)C.N.O.[OH-]. The van der Waals surface area contributed by atoms with Crippen molar-refractivity contribution >= 4 is 0 Å². The zero-order chi connectivity index (χ0) is 13.7. The average Bonchev–Trinajstić information content (AvgIpc) is 2.29. The second-order valence-electron chi connectivity index (χ2n) is 6.90. The van der Waals surface area contributed by atoms with Gasteiger partial charge in [-0.15, -0.1) is 0 Å². The summed E-state index contributed by atoms with van der Waals surface area (Å²) in [6.45, 7) is 3.62. The molecule has 0 radical (unpaired) electrons. The Morgan fingerprint density at radius 1 is 0.571 bits per heavy atom. The van der Waals surface area contributed by atoms with Gasteiger partial charge in [-0.2, -0.15) is 0 Å². The van der Waals surface area contributed by atoms with Crippen LogP contribution in [0, 0.1) is 0 Å². The Morgan fingerprint density at radius 2 is 0.857 bits per heavy atom. The molecule has 0 amide bonds. The summed E-state index contributed by atoms with van der Waals surface area (Å²) < 4.78 is 1.12. The van der Waals surface area contributed by atoms with E-state index in [4.69, 9.17) is 0 Å². The van der Waals surface area contributed by atoms with Crippen molar-refractivity contribution in [1.82, 2.24) is 6.15 Å². The van der Waals surface area contributed by atoms with Gasteiger partial charge < -0.3 is 21.6 Å². The van der Waals surface area contributed by atoms with Crippen molar-refractivity contribution in [2.45, 2.75) is 84.0 Å². The molecule has 0 heterocycles. The largest absolute Gasteiger partial charge is 0.870 e. The number of hydrogen-bond acceptors (Lipinski definition) is 2. The lowest BCUT2D eigenvalue weighted by Crippen LogP contribution is -2.35. The Hall–Kier alpha value is -0.160. The van der Waals surface area contributed by atoms with Gasteiger partial charge in [-0.3, -0.25) is 0 Å². The van der Waals surface area contributed by atoms with E-state index in [0.717, 1.165) is 4.48 Å². The maximum Gasteiger partial charge on any atom is 0.0780 e. The number of hydrogen-bond donors (Lipinski definition) is 1. The van der Waals surface area contributed by atoms with E-state index in [1.54, 1.807) is 0 Å². The lowest BCUT2D eigenvalue weighted by molar-refractivity contribution is -0.870. The van der Waals surface area contributed by atoms with E-state index in [-0.39, 0.29) is 17.1 Å². The van der Waals surface area contributed by atoms with Gasteiger partial charge in [-0.1, -0.05) is 71.1 Å². The number of nitrogens with zero attached hydrogens (tertiary/aromatic N) is 1. The molecular formula is C17H44N2O2. The maximum atomic E-state index is 2.29. The minimum absolute atomic E-state index is 0. The fourth-order valence-corrected chi connectivity index (χ4v) is 2.43. The molecule has 0 atom stereocenters. The second kappa shape index (κ2) is 19.8. The normalized spacial score (nSPS) is 10.3. The van der Waals surface area contributed by atoms with Crippen LogP contribution in [0.5, 0.6) is 0 Å². The zero-order valence-electron chi connectivity index (χ0n) is 15.3. The molecule has 0 aromatic rings. The Balaban J connectivity index is -0.000000482. The van der Waals surface area contributed by atoms with Crippen molar-refractivity contribution in [2.24, 2.45) is 0 Å². The molecule has 0 spiro atoms. The first-order valence-electron chi connectivity index (χ1n) is 8.36. The summed E-state index contributed by atoms with van der Waals surface area (Å²) in [5.74, 6) is 0. The van der Waals surface area contributed by atoms with Crippen molar-refractivity contribution in [3.05, 3.63) is 0 Å². The molecule has 0 aromatic heterocycles. The molecule has 0 saturated heterocycles. The van der Waals surface area contributed by atoms with Gasteiger partial charge in [0.25, 0.3) is 0 Å². The van der Waals surface area contributed by atoms with Gasteiger partial charge in [0.2, 0.25) is 0 Å². The van der Waals surface area contributed by atoms with E-state index in [1.807, 2.05) is 0 Å². The highest BCUT2D eigenvalue weighted by Gasteiger charge is 2.04. The Labute approximate surface area is 134 Å². The molecule has 4 heteroatoms. The van der Waals surface area contributed by atoms with Crippen molar-refractivity contribution in [3.63, 3.8) is 0 Å². The summed E-state index contributed by atoms with van der Waals surface area (Å²) in [5, 5.41) is 0. The van der Waals surface area contributed by atoms with Crippen molar-refractivity contribution in [3.8, 4) is 0 Å². The number of quaternary nitrogens is 1. The lowest BCUT2D eigenvalue weighted by atomic mass is 10.1. The maximum absolute atomic E-state index is 2.29. The van der Waals surface area contributed by atoms with Gasteiger partial charge in [-0.25, -0.2) is 0 Å². The lowest BCUT2D eigenvalue weighted by Gasteiger charge is -2.23. The monoisotopic (exact) mass is 308 g/mol. The third kappa shape index (κ3) is 28.7. The average molecular weight is 309 g/mol. The highest BCUT2D eigenvalue weighted by atomic mass is 16.0. The van der Waals surface area contributed by atoms with Crippen LogP contribution in [-0.2, 0) is 0 Å². The topological polar surface area (TPSA) is 96.5 Å². The Bertz CT molecular complexity index is 171. The predicted octanol–water partition coefficient (Wildman–Crippen LogP) is 4.55. The molecule has 0 bridgehead atoms. The molecule has 0 rings (SSSR count). The van der Waals surface area contributed by atoms with Gasteiger partial charge in [0.05, 0.1) is 27.7 Å². The van der Waals surface area contributed by atoms with E-state index in [0.29, 0.717) is 0 Å². The minimum Gasteiger partial charge on any atom is -0.870 e. The van der Waals surface area contributed by atoms with Gasteiger partial charge >= 0.3 is 0 Å².